The van der Waals surface area contributed by atoms with Crippen LogP contribution in [0.25, 0.3) is 0 Å². The highest BCUT2D eigenvalue weighted by Crippen LogP contribution is 2.23. The minimum Gasteiger partial charge on any atom is -0.497 e. The lowest BCUT2D eigenvalue weighted by Gasteiger charge is -2.31. The van der Waals surface area contributed by atoms with E-state index in [1.165, 1.54) is 43.2 Å². The second-order valence-electron chi connectivity index (χ2n) is 7.51. The predicted octanol–water partition coefficient (Wildman–Crippen LogP) is 2.91. The monoisotopic (exact) mass is 415 g/mol. The number of nitrogens with zero attached hydrogens (tertiary/aromatic N) is 2. The topological polar surface area (TPSA) is 89.9 Å². The van der Waals surface area contributed by atoms with E-state index < -0.39 is 11.5 Å². The van der Waals surface area contributed by atoms with Crippen LogP contribution in [0.4, 0.5) is 5.69 Å². The summed E-state index contributed by atoms with van der Waals surface area (Å²) in [5, 5.41) is 2.61. The van der Waals surface area contributed by atoms with Crippen LogP contribution in [0.1, 0.15) is 48.4 Å². The Morgan fingerprint density at radius 2 is 1.47 bits per heavy atom. The van der Waals surface area contributed by atoms with Gasteiger partial charge >= 0.3 is 0 Å². The second-order valence-corrected chi connectivity index (χ2v) is 7.51. The molecule has 0 atom stereocenters. The molecule has 1 heterocycles. The molecule has 0 saturated carbocycles. The molecule has 2 aromatic rings. The number of hydrogen-bond acceptors (Lipinski definition) is 5. The number of rotatable bonds is 7. The summed E-state index contributed by atoms with van der Waals surface area (Å²) in [6.07, 6.45) is 1.48. The summed E-state index contributed by atoms with van der Waals surface area (Å²) in [5.41, 5.74) is 0.173. The number of anilines is 1. The van der Waals surface area contributed by atoms with E-state index in [1.807, 2.05) is 27.7 Å². The van der Waals surface area contributed by atoms with Crippen LogP contribution >= 0.6 is 0 Å². The van der Waals surface area contributed by atoms with E-state index in [1.54, 1.807) is 18.0 Å². The lowest BCUT2D eigenvalue weighted by atomic mass is 10.1. The Labute approximate surface area is 176 Å². The average molecular weight is 415 g/mol. The van der Waals surface area contributed by atoms with Crippen LogP contribution in [-0.4, -0.2) is 47.6 Å². The summed E-state index contributed by atoms with van der Waals surface area (Å²) in [6.45, 7) is 7.72. The van der Waals surface area contributed by atoms with Crippen molar-refractivity contribution in [1.29, 1.82) is 0 Å². The molecule has 0 radical (unpaired) electrons. The van der Waals surface area contributed by atoms with Crippen molar-refractivity contribution in [3.63, 3.8) is 0 Å². The first kappa shape index (κ1) is 23.0. The molecule has 2 amide bonds. The van der Waals surface area contributed by atoms with Crippen LogP contribution in [0.5, 0.6) is 11.5 Å². The highest BCUT2D eigenvalue weighted by Gasteiger charge is 2.23. The summed E-state index contributed by atoms with van der Waals surface area (Å²) >= 11 is 0. The molecule has 0 aliphatic rings. The summed E-state index contributed by atoms with van der Waals surface area (Å²) in [7, 11) is 4.51. The van der Waals surface area contributed by atoms with Gasteiger partial charge in [-0.05, 0) is 45.9 Å². The molecule has 0 saturated heterocycles. The number of carbonyl (C=O) groups excluding carboxylic acids is 2. The standard InChI is InChI=1S/C22H29N3O5/c1-13(2)25(14(3)4)21(27)16-10-19(22(28)24(5)12-16)23-20(26)15-8-17(29-6)11-18(9-15)30-7/h8-14H,1-7H3,(H,23,26). The number of ether oxygens (including phenoxy) is 2. The first-order valence-corrected chi connectivity index (χ1v) is 9.66. The van der Waals surface area contributed by atoms with Crippen molar-refractivity contribution in [2.75, 3.05) is 19.5 Å². The first-order valence-electron chi connectivity index (χ1n) is 9.66. The zero-order chi connectivity index (χ0) is 22.6. The fraction of sp³-hybridized carbons (Fsp3) is 0.409. The first-order chi connectivity index (χ1) is 14.1. The predicted molar refractivity (Wildman–Crippen MR) is 116 cm³/mol. The second kappa shape index (κ2) is 9.47. The maximum absolute atomic E-state index is 13.0. The van der Waals surface area contributed by atoms with Gasteiger partial charge in [-0.3, -0.25) is 14.4 Å². The molecule has 0 spiro atoms. The zero-order valence-corrected chi connectivity index (χ0v) is 18.5. The van der Waals surface area contributed by atoms with Crippen molar-refractivity contribution < 1.29 is 19.1 Å². The van der Waals surface area contributed by atoms with Gasteiger partial charge in [0.15, 0.2) is 0 Å². The fourth-order valence-electron chi connectivity index (χ4n) is 3.27. The van der Waals surface area contributed by atoms with E-state index >= 15 is 0 Å². The molecule has 8 heteroatoms. The zero-order valence-electron chi connectivity index (χ0n) is 18.5. The molecule has 30 heavy (non-hydrogen) atoms. The molecular weight excluding hydrogens is 386 g/mol. The molecule has 0 fully saturated rings. The number of aromatic nitrogens is 1. The fourth-order valence-corrected chi connectivity index (χ4v) is 3.27. The van der Waals surface area contributed by atoms with Gasteiger partial charge in [0.1, 0.15) is 17.2 Å². The van der Waals surface area contributed by atoms with Gasteiger partial charge in [-0.25, -0.2) is 0 Å². The smallest absolute Gasteiger partial charge is 0.274 e. The minimum atomic E-state index is -0.515. The molecule has 2 rings (SSSR count). The molecule has 0 bridgehead atoms. The maximum atomic E-state index is 13.0. The molecule has 0 unspecified atom stereocenters. The number of nitrogens with one attached hydrogen (secondary N) is 1. The van der Waals surface area contributed by atoms with E-state index in [4.69, 9.17) is 9.47 Å². The molecule has 0 aliphatic carbocycles. The number of pyridine rings is 1. The summed E-state index contributed by atoms with van der Waals surface area (Å²) in [4.78, 5) is 40.1. The van der Waals surface area contributed by atoms with Gasteiger partial charge in [0.2, 0.25) is 0 Å². The maximum Gasteiger partial charge on any atom is 0.274 e. The molecular formula is C22H29N3O5. The Morgan fingerprint density at radius 1 is 0.933 bits per heavy atom. The number of amides is 2. The minimum absolute atomic E-state index is 0.0163. The van der Waals surface area contributed by atoms with E-state index in [9.17, 15) is 14.4 Å². The summed E-state index contributed by atoms with van der Waals surface area (Å²) in [5.74, 6) is 0.161. The Kier molecular flexibility index (Phi) is 7.26. The molecule has 1 aromatic carbocycles. The van der Waals surface area contributed by atoms with Crippen molar-refractivity contribution >= 4 is 17.5 Å². The third-order valence-electron chi connectivity index (χ3n) is 4.64. The molecule has 1 N–H and O–H groups in total. The lowest BCUT2D eigenvalue weighted by Crippen LogP contribution is -2.42. The number of carbonyl (C=O) groups is 2. The van der Waals surface area contributed by atoms with Gasteiger partial charge in [0.05, 0.1) is 19.8 Å². The molecule has 0 aliphatic heterocycles. The third kappa shape index (κ3) is 5.00. The normalized spacial score (nSPS) is 10.8. The summed E-state index contributed by atoms with van der Waals surface area (Å²) < 4.78 is 11.7. The molecule has 8 nitrogen and oxygen atoms in total. The van der Waals surface area contributed by atoms with Gasteiger partial charge in [-0.1, -0.05) is 0 Å². The van der Waals surface area contributed by atoms with Crippen LogP contribution in [0, 0.1) is 0 Å². The van der Waals surface area contributed by atoms with Gasteiger partial charge in [-0.2, -0.15) is 0 Å². The Morgan fingerprint density at radius 3 is 1.93 bits per heavy atom. The van der Waals surface area contributed by atoms with Crippen molar-refractivity contribution in [1.82, 2.24) is 9.47 Å². The van der Waals surface area contributed by atoms with E-state index in [0.717, 1.165) is 0 Å². The van der Waals surface area contributed by atoms with Crippen molar-refractivity contribution in [2.45, 2.75) is 39.8 Å². The number of methoxy groups -OCH3 is 2. The Balaban J connectivity index is 2.42. The average Bonchev–Trinajstić information content (AvgIpc) is 2.69. The largest absolute Gasteiger partial charge is 0.497 e. The van der Waals surface area contributed by atoms with E-state index in [0.29, 0.717) is 17.1 Å². The third-order valence-corrected chi connectivity index (χ3v) is 4.64. The summed E-state index contributed by atoms with van der Waals surface area (Å²) in [6, 6.07) is 6.10. The van der Waals surface area contributed by atoms with E-state index in [2.05, 4.69) is 5.32 Å². The van der Waals surface area contributed by atoms with Gasteiger partial charge in [0.25, 0.3) is 17.4 Å². The highest BCUT2D eigenvalue weighted by molar-refractivity contribution is 6.05. The number of benzene rings is 1. The lowest BCUT2D eigenvalue weighted by molar-refractivity contribution is 0.0642. The van der Waals surface area contributed by atoms with Crippen molar-refractivity contribution in [3.05, 3.63) is 51.9 Å². The van der Waals surface area contributed by atoms with E-state index in [-0.39, 0.29) is 29.2 Å². The number of hydrogen-bond donors (Lipinski definition) is 1. The quantitative estimate of drug-likeness (QED) is 0.751. The van der Waals surface area contributed by atoms with Gasteiger partial charge in [0, 0.05) is 37.0 Å². The number of aryl methyl sites for hydroxylation is 1. The Hall–Kier alpha value is -3.29. The van der Waals surface area contributed by atoms with Crippen molar-refractivity contribution in [3.8, 4) is 11.5 Å². The van der Waals surface area contributed by atoms with Crippen molar-refractivity contribution in [2.24, 2.45) is 7.05 Å². The van der Waals surface area contributed by atoms with Crippen LogP contribution < -0.4 is 20.3 Å². The van der Waals surface area contributed by atoms with Crippen LogP contribution in [0.15, 0.2) is 35.3 Å². The molecule has 1 aromatic heterocycles. The van der Waals surface area contributed by atoms with Crippen LogP contribution in [0.3, 0.4) is 0 Å². The SMILES string of the molecule is COc1cc(OC)cc(C(=O)Nc2cc(C(=O)N(C(C)C)C(C)C)cn(C)c2=O)c1. The van der Waals surface area contributed by atoms with Crippen LogP contribution in [-0.2, 0) is 7.05 Å². The highest BCUT2D eigenvalue weighted by atomic mass is 16.5. The van der Waals surface area contributed by atoms with Crippen LogP contribution in [0.2, 0.25) is 0 Å². The van der Waals surface area contributed by atoms with Gasteiger partial charge < -0.3 is 24.3 Å². The Bertz CT molecular complexity index is 965. The van der Waals surface area contributed by atoms with Gasteiger partial charge in [-0.15, -0.1) is 0 Å². The molecule has 162 valence electrons.